The van der Waals surface area contributed by atoms with E-state index >= 15 is 0 Å². The van der Waals surface area contributed by atoms with Crippen LogP contribution in [-0.4, -0.2) is 4.98 Å². The summed E-state index contributed by atoms with van der Waals surface area (Å²) in [5.41, 5.74) is 8.05. The van der Waals surface area contributed by atoms with E-state index in [0.717, 1.165) is 4.88 Å². The molecule has 0 fully saturated rings. The van der Waals surface area contributed by atoms with Crippen molar-refractivity contribution in [3.63, 3.8) is 0 Å². The summed E-state index contributed by atoms with van der Waals surface area (Å²) in [6.45, 7) is 2.09. The van der Waals surface area contributed by atoms with Gasteiger partial charge >= 0.3 is 0 Å². The maximum atomic E-state index is 5.57. The Hall–Kier alpha value is -1.35. The first-order valence-electron chi connectivity index (χ1n) is 4.04. The summed E-state index contributed by atoms with van der Waals surface area (Å²) in [6.07, 6.45) is 1.82. The number of benzene rings is 1. The quantitative estimate of drug-likeness (QED) is 0.751. The molecule has 1 aromatic heterocycles. The van der Waals surface area contributed by atoms with Crippen molar-refractivity contribution in [2.24, 2.45) is 0 Å². The maximum Gasteiger partial charge on any atom is 0.180 e. The number of hydrogen-bond acceptors (Lipinski definition) is 3. The Kier molecular flexibility index (Phi) is 2.02. The molecule has 3 heteroatoms. The van der Waals surface area contributed by atoms with E-state index in [1.165, 1.54) is 22.5 Å². The van der Waals surface area contributed by atoms with Crippen LogP contribution < -0.4 is 5.73 Å². The molecule has 0 bridgehead atoms. The number of hydrogen-bond donors (Lipinski definition) is 1. The molecule has 0 radical (unpaired) electrons. The molecule has 66 valence electrons. The number of aromatic nitrogens is 1. The molecule has 0 aliphatic rings. The van der Waals surface area contributed by atoms with Crippen molar-refractivity contribution in [3.8, 4) is 10.4 Å². The fourth-order valence-corrected chi connectivity index (χ4v) is 2.04. The predicted molar refractivity (Wildman–Crippen MR) is 56.7 cm³/mol. The van der Waals surface area contributed by atoms with Crippen LogP contribution in [0.2, 0.25) is 0 Å². The maximum absolute atomic E-state index is 5.57. The summed E-state index contributed by atoms with van der Waals surface area (Å²) >= 11 is 1.52. The number of thiazole rings is 1. The summed E-state index contributed by atoms with van der Waals surface area (Å²) < 4.78 is 0. The van der Waals surface area contributed by atoms with Gasteiger partial charge in [0.1, 0.15) is 0 Å². The minimum atomic E-state index is 0.623. The topological polar surface area (TPSA) is 38.9 Å². The third-order valence-corrected chi connectivity index (χ3v) is 2.79. The van der Waals surface area contributed by atoms with Crippen LogP contribution in [0.5, 0.6) is 0 Å². The molecule has 0 atom stereocenters. The molecule has 0 saturated carbocycles. The van der Waals surface area contributed by atoms with Gasteiger partial charge in [-0.3, -0.25) is 0 Å². The number of nitrogen functional groups attached to an aromatic ring is 1. The van der Waals surface area contributed by atoms with Gasteiger partial charge in [-0.2, -0.15) is 0 Å². The van der Waals surface area contributed by atoms with Gasteiger partial charge < -0.3 is 5.73 Å². The smallest absolute Gasteiger partial charge is 0.180 e. The molecule has 0 amide bonds. The predicted octanol–water partition coefficient (Wildman–Crippen LogP) is 2.70. The van der Waals surface area contributed by atoms with Gasteiger partial charge in [-0.05, 0) is 18.1 Å². The average Bonchev–Trinajstić information content (AvgIpc) is 2.53. The highest BCUT2D eigenvalue weighted by Crippen LogP contribution is 2.29. The number of nitrogens with zero attached hydrogens (tertiary/aromatic N) is 1. The average molecular weight is 190 g/mol. The second kappa shape index (κ2) is 3.18. The third kappa shape index (κ3) is 1.55. The summed E-state index contributed by atoms with van der Waals surface area (Å²) in [5.74, 6) is 0. The normalized spacial score (nSPS) is 10.2. The van der Waals surface area contributed by atoms with Crippen molar-refractivity contribution in [2.75, 3.05) is 5.73 Å². The summed E-state index contributed by atoms with van der Waals surface area (Å²) in [5, 5.41) is 0.623. The highest BCUT2D eigenvalue weighted by Gasteiger charge is 2.03. The molecular formula is C10H10N2S. The van der Waals surface area contributed by atoms with Gasteiger partial charge in [0.05, 0.1) is 4.88 Å². The molecule has 0 unspecified atom stereocenters. The van der Waals surface area contributed by atoms with Crippen LogP contribution in [0.1, 0.15) is 5.56 Å². The Morgan fingerprint density at radius 1 is 1.31 bits per heavy atom. The van der Waals surface area contributed by atoms with Gasteiger partial charge in [0.2, 0.25) is 0 Å². The van der Waals surface area contributed by atoms with Crippen LogP contribution in [0.4, 0.5) is 5.13 Å². The zero-order chi connectivity index (χ0) is 9.26. The molecule has 2 rings (SSSR count). The lowest BCUT2D eigenvalue weighted by Gasteiger charge is -1.99. The van der Waals surface area contributed by atoms with Crippen LogP contribution in [0.15, 0.2) is 30.5 Å². The summed E-state index contributed by atoms with van der Waals surface area (Å²) in [6, 6.07) is 8.23. The van der Waals surface area contributed by atoms with E-state index in [1.54, 1.807) is 0 Å². The van der Waals surface area contributed by atoms with Crippen LogP contribution in [-0.2, 0) is 0 Å². The third-order valence-electron chi connectivity index (χ3n) is 1.93. The number of rotatable bonds is 1. The molecule has 0 saturated heterocycles. The molecule has 2 aromatic rings. The molecule has 1 aromatic carbocycles. The van der Waals surface area contributed by atoms with Gasteiger partial charge in [0.15, 0.2) is 5.13 Å². The first-order valence-corrected chi connectivity index (χ1v) is 4.86. The lowest BCUT2D eigenvalue weighted by atomic mass is 10.1. The van der Waals surface area contributed by atoms with Gasteiger partial charge in [-0.1, -0.05) is 35.6 Å². The second-order valence-electron chi connectivity index (χ2n) is 2.88. The zero-order valence-electron chi connectivity index (χ0n) is 7.32. The number of anilines is 1. The van der Waals surface area contributed by atoms with E-state index in [1.807, 2.05) is 18.3 Å². The molecule has 2 nitrogen and oxygen atoms in total. The fraction of sp³-hybridized carbons (Fsp3) is 0.100. The van der Waals surface area contributed by atoms with E-state index in [-0.39, 0.29) is 0 Å². The Bertz CT molecular complexity index is 420. The highest BCUT2D eigenvalue weighted by atomic mass is 32.1. The Morgan fingerprint density at radius 2 is 2.08 bits per heavy atom. The second-order valence-corrected chi connectivity index (χ2v) is 3.94. The molecule has 0 aliphatic heterocycles. The standard InChI is InChI=1S/C10H10N2S/c1-7-4-2-3-5-8(7)9-6-12-10(11)13-9/h2-6H,1H3,(H2,11,12). The van der Waals surface area contributed by atoms with Crippen molar-refractivity contribution in [1.29, 1.82) is 0 Å². The lowest BCUT2D eigenvalue weighted by Crippen LogP contribution is -1.77. The Labute approximate surface area is 81.1 Å². The minimum Gasteiger partial charge on any atom is -0.375 e. The Balaban J connectivity index is 2.52. The van der Waals surface area contributed by atoms with Gasteiger partial charge in [0.25, 0.3) is 0 Å². The molecule has 0 aliphatic carbocycles. The summed E-state index contributed by atoms with van der Waals surface area (Å²) in [4.78, 5) is 5.17. The van der Waals surface area contributed by atoms with Gasteiger partial charge in [0, 0.05) is 6.20 Å². The molecule has 13 heavy (non-hydrogen) atoms. The zero-order valence-corrected chi connectivity index (χ0v) is 8.14. The van der Waals surface area contributed by atoms with Crippen molar-refractivity contribution >= 4 is 16.5 Å². The van der Waals surface area contributed by atoms with Crippen molar-refractivity contribution in [2.45, 2.75) is 6.92 Å². The first kappa shape index (κ1) is 8.26. The molecular weight excluding hydrogens is 180 g/mol. The fourth-order valence-electron chi connectivity index (χ4n) is 1.26. The lowest BCUT2D eigenvalue weighted by molar-refractivity contribution is 1.41. The first-order chi connectivity index (χ1) is 6.27. The molecule has 1 heterocycles. The van der Waals surface area contributed by atoms with Crippen molar-refractivity contribution in [1.82, 2.24) is 4.98 Å². The molecule has 2 N–H and O–H groups in total. The van der Waals surface area contributed by atoms with Crippen LogP contribution in [0, 0.1) is 6.92 Å². The van der Waals surface area contributed by atoms with E-state index in [0.29, 0.717) is 5.13 Å². The highest BCUT2D eigenvalue weighted by molar-refractivity contribution is 7.18. The van der Waals surface area contributed by atoms with E-state index < -0.39 is 0 Å². The van der Waals surface area contributed by atoms with Crippen LogP contribution in [0.3, 0.4) is 0 Å². The minimum absolute atomic E-state index is 0.623. The van der Waals surface area contributed by atoms with E-state index in [2.05, 4.69) is 24.0 Å². The van der Waals surface area contributed by atoms with Crippen LogP contribution in [0.25, 0.3) is 10.4 Å². The van der Waals surface area contributed by atoms with E-state index in [4.69, 9.17) is 5.73 Å². The van der Waals surface area contributed by atoms with Crippen molar-refractivity contribution in [3.05, 3.63) is 36.0 Å². The SMILES string of the molecule is Cc1ccccc1-c1cnc(N)s1. The van der Waals surface area contributed by atoms with Crippen LogP contribution >= 0.6 is 11.3 Å². The number of nitrogens with two attached hydrogens (primary N) is 1. The van der Waals surface area contributed by atoms with Gasteiger partial charge in [-0.15, -0.1) is 0 Å². The Morgan fingerprint density at radius 3 is 2.69 bits per heavy atom. The number of aryl methyl sites for hydroxylation is 1. The van der Waals surface area contributed by atoms with Gasteiger partial charge in [-0.25, -0.2) is 4.98 Å². The van der Waals surface area contributed by atoms with Crippen molar-refractivity contribution < 1.29 is 0 Å². The summed E-state index contributed by atoms with van der Waals surface area (Å²) in [7, 11) is 0. The monoisotopic (exact) mass is 190 g/mol. The van der Waals surface area contributed by atoms with E-state index in [9.17, 15) is 0 Å². The largest absolute Gasteiger partial charge is 0.375 e. The molecule has 0 spiro atoms.